The molecule has 1 unspecified atom stereocenters. The predicted molar refractivity (Wildman–Crippen MR) is 103 cm³/mol. The number of ether oxygens (including phenoxy) is 1. The van der Waals surface area contributed by atoms with Gasteiger partial charge in [-0.1, -0.05) is 30.3 Å². The first-order chi connectivity index (χ1) is 13.1. The van der Waals surface area contributed by atoms with Crippen LogP contribution in [-0.4, -0.2) is 61.3 Å². The molecule has 6 heteroatoms. The van der Waals surface area contributed by atoms with E-state index < -0.39 is 12.0 Å². The number of likely N-dealkylation sites (N-methyl/N-ethyl adjacent to an activating group) is 1. The molecule has 6 nitrogen and oxygen atoms in total. The lowest BCUT2D eigenvalue weighted by Crippen LogP contribution is -2.43. The molecule has 3 rings (SSSR count). The molecule has 0 spiro atoms. The monoisotopic (exact) mass is 368 g/mol. The minimum atomic E-state index is -1.01. The second-order valence-electron chi connectivity index (χ2n) is 6.61. The van der Waals surface area contributed by atoms with E-state index in [0.717, 1.165) is 24.3 Å². The molecule has 1 atom stereocenters. The van der Waals surface area contributed by atoms with Crippen molar-refractivity contribution >= 4 is 17.6 Å². The number of morpholine rings is 1. The predicted octanol–water partition coefficient (Wildman–Crippen LogP) is 2.29. The number of hydrogen-bond acceptors (Lipinski definition) is 4. The Hall–Kier alpha value is -2.86. The zero-order valence-corrected chi connectivity index (χ0v) is 15.4. The van der Waals surface area contributed by atoms with Crippen LogP contribution in [0.1, 0.15) is 15.9 Å². The van der Waals surface area contributed by atoms with Gasteiger partial charge in [-0.05, 0) is 29.8 Å². The fourth-order valence-corrected chi connectivity index (χ4v) is 3.21. The number of carboxylic acid groups (broad SMARTS) is 1. The average Bonchev–Trinajstić information content (AvgIpc) is 2.72. The Bertz CT molecular complexity index is 771. The Kier molecular flexibility index (Phi) is 6.08. The van der Waals surface area contributed by atoms with Crippen molar-refractivity contribution in [1.82, 2.24) is 4.90 Å². The van der Waals surface area contributed by atoms with Crippen molar-refractivity contribution in [1.29, 1.82) is 0 Å². The maximum absolute atomic E-state index is 12.8. The molecule has 27 heavy (non-hydrogen) atoms. The van der Waals surface area contributed by atoms with Crippen LogP contribution < -0.4 is 4.90 Å². The van der Waals surface area contributed by atoms with E-state index in [1.807, 2.05) is 42.5 Å². The maximum Gasteiger partial charge on any atom is 0.326 e. The SMILES string of the molecule is CN(C(=O)c1ccc(N2CCOCC2)cc1)C(Cc1ccccc1)C(=O)O. The summed E-state index contributed by atoms with van der Waals surface area (Å²) < 4.78 is 5.35. The summed E-state index contributed by atoms with van der Waals surface area (Å²) in [5.74, 6) is -1.31. The van der Waals surface area contributed by atoms with Crippen molar-refractivity contribution < 1.29 is 19.4 Å². The number of carbonyl (C=O) groups is 2. The Balaban J connectivity index is 1.71. The molecule has 0 aliphatic carbocycles. The number of amides is 1. The van der Waals surface area contributed by atoms with E-state index >= 15 is 0 Å². The van der Waals surface area contributed by atoms with Gasteiger partial charge in [-0.2, -0.15) is 0 Å². The Morgan fingerprint density at radius 2 is 1.70 bits per heavy atom. The molecule has 1 aliphatic heterocycles. The maximum atomic E-state index is 12.8. The summed E-state index contributed by atoms with van der Waals surface area (Å²) in [5, 5.41) is 9.60. The topological polar surface area (TPSA) is 70.1 Å². The highest BCUT2D eigenvalue weighted by Gasteiger charge is 2.27. The summed E-state index contributed by atoms with van der Waals surface area (Å²) in [7, 11) is 1.54. The molecule has 1 fully saturated rings. The van der Waals surface area contributed by atoms with Gasteiger partial charge in [0.25, 0.3) is 5.91 Å². The van der Waals surface area contributed by atoms with Gasteiger partial charge in [0.05, 0.1) is 13.2 Å². The first-order valence-electron chi connectivity index (χ1n) is 9.03. The van der Waals surface area contributed by atoms with E-state index in [2.05, 4.69) is 4.90 Å². The molecule has 0 saturated carbocycles. The van der Waals surface area contributed by atoms with Crippen LogP contribution in [0.5, 0.6) is 0 Å². The smallest absolute Gasteiger partial charge is 0.326 e. The molecular formula is C21H24N2O4. The summed E-state index contributed by atoms with van der Waals surface area (Å²) >= 11 is 0. The molecule has 1 amide bonds. The number of carbonyl (C=O) groups excluding carboxylic acids is 1. The molecule has 0 aromatic heterocycles. The molecule has 142 valence electrons. The Morgan fingerprint density at radius 1 is 1.07 bits per heavy atom. The number of carboxylic acids is 1. The van der Waals surface area contributed by atoms with Crippen LogP contribution in [0.2, 0.25) is 0 Å². The van der Waals surface area contributed by atoms with Crippen LogP contribution in [0.4, 0.5) is 5.69 Å². The van der Waals surface area contributed by atoms with Crippen molar-refractivity contribution in [3.8, 4) is 0 Å². The van der Waals surface area contributed by atoms with E-state index in [0.29, 0.717) is 18.8 Å². The molecule has 0 bridgehead atoms. The largest absolute Gasteiger partial charge is 0.480 e. The van der Waals surface area contributed by atoms with Crippen molar-refractivity contribution in [3.05, 3.63) is 65.7 Å². The third-order valence-corrected chi connectivity index (χ3v) is 4.84. The first-order valence-corrected chi connectivity index (χ1v) is 9.03. The summed E-state index contributed by atoms with van der Waals surface area (Å²) in [6.07, 6.45) is 0.268. The quantitative estimate of drug-likeness (QED) is 0.847. The lowest BCUT2D eigenvalue weighted by atomic mass is 10.0. The molecule has 1 heterocycles. The fraction of sp³-hybridized carbons (Fsp3) is 0.333. The number of anilines is 1. The molecule has 2 aromatic carbocycles. The third kappa shape index (κ3) is 4.65. The third-order valence-electron chi connectivity index (χ3n) is 4.84. The van der Waals surface area contributed by atoms with Gasteiger partial charge in [0.15, 0.2) is 0 Å². The Labute approximate surface area is 159 Å². The van der Waals surface area contributed by atoms with Gasteiger partial charge in [0, 0.05) is 37.8 Å². The highest BCUT2D eigenvalue weighted by molar-refractivity contribution is 5.96. The number of benzene rings is 2. The molecule has 1 N–H and O–H groups in total. The van der Waals surface area contributed by atoms with Crippen LogP contribution >= 0.6 is 0 Å². The van der Waals surface area contributed by atoms with Gasteiger partial charge in [-0.15, -0.1) is 0 Å². The molecule has 1 saturated heterocycles. The number of hydrogen-bond donors (Lipinski definition) is 1. The number of rotatable bonds is 6. The molecule has 0 radical (unpaired) electrons. The average molecular weight is 368 g/mol. The van der Waals surface area contributed by atoms with Gasteiger partial charge >= 0.3 is 5.97 Å². The summed E-state index contributed by atoms with van der Waals surface area (Å²) in [6.45, 7) is 3.04. The highest BCUT2D eigenvalue weighted by atomic mass is 16.5. The van der Waals surface area contributed by atoms with Crippen molar-refractivity contribution in [3.63, 3.8) is 0 Å². The van der Waals surface area contributed by atoms with Gasteiger partial charge in [0.1, 0.15) is 6.04 Å². The summed E-state index contributed by atoms with van der Waals surface area (Å²) in [6, 6.07) is 15.7. The van der Waals surface area contributed by atoms with Crippen LogP contribution in [0.3, 0.4) is 0 Å². The first kappa shape index (κ1) is 18.9. The van der Waals surface area contributed by atoms with Crippen LogP contribution in [0.25, 0.3) is 0 Å². The fourth-order valence-electron chi connectivity index (χ4n) is 3.21. The number of aliphatic carboxylic acids is 1. The summed E-state index contributed by atoms with van der Waals surface area (Å²) in [4.78, 5) is 28.0. The van der Waals surface area contributed by atoms with Gasteiger partial charge in [-0.25, -0.2) is 4.79 Å². The zero-order valence-electron chi connectivity index (χ0n) is 15.4. The van der Waals surface area contributed by atoms with E-state index in [-0.39, 0.29) is 12.3 Å². The second kappa shape index (κ2) is 8.68. The van der Waals surface area contributed by atoms with Crippen LogP contribution in [0, 0.1) is 0 Å². The standard InChI is InChI=1S/C21H24N2O4/c1-22(19(21(25)26)15-16-5-3-2-4-6-16)20(24)17-7-9-18(10-8-17)23-11-13-27-14-12-23/h2-10,19H,11-15H2,1H3,(H,25,26). The van der Waals surface area contributed by atoms with Gasteiger partial charge in [0.2, 0.25) is 0 Å². The van der Waals surface area contributed by atoms with E-state index in [4.69, 9.17) is 4.74 Å². The minimum absolute atomic E-state index is 0.268. The van der Waals surface area contributed by atoms with E-state index in [9.17, 15) is 14.7 Å². The zero-order chi connectivity index (χ0) is 19.2. The minimum Gasteiger partial charge on any atom is -0.480 e. The van der Waals surface area contributed by atoms with Crippen molar-refractivity contribution in [2.45, 2.75) is 12.5 Å². The Morgan fingerprint density at radius 3 is 2.30 bits per heavy atom. The summed E-state index contributed by atoms with van der Waals surface area (Å²) in [5.41, 5.74) is 2.40. The molecule has 1 aliphatic rings. The lowest BCUT2D eigenvalue weighted by molar-refractivity contribution is -0.141. The number of nitrogens with zero attached hydrogens (tertiary/aromatic N) is 2. The van der Waals surface area contributed by atoms with Gasteiger partial charge in [-0.3, -0.25) is 4.79 Å². The van der Waals surface area contributed by atoms with Gasteiger partial charge < -0.3 is 19.6 Å². The van der Waals surface area contributed by atoms with Crippen LogP contribution in [0.15, 0.2) is 54.6 Å². The van der Waals surface area contributed by atoms with Crippen molar-refractivity contribution in [2.24, 2.45) is 0 Å². The normalized spacial score (nSPS) is 15.2. The van der Waals surface area contributed by atoms with Crippen LogP contribution in [-0.2, 0) is 16.0 Å². The van der Waals surface area contributed by atoms with Crippen molar-refractivity contribution in [2.75, 3.05) is 38.3 Å². The molecular weight excluding hydrogens is 344 g/mol. The second-order valence-corrected chi connectivity index (χ2v) is 6.61. The lowest BCUT2D eigenvalue weighted by Gasteiger charge is -2.29. The van der Waals surface area contributed by atoms with E-state index in [1.165, 1.54) is 4.90 Å². The highest BCUT2D eigenvalue weighted by Crippen LogP contribution is 2.18. The van der Waals surface area contributed by atoms with E-state index in [1.54, 1.807) is 19.2 Å². The molecule has 2 aromatic rings.